The summed E-state index contributed by atoms with van der Waals surface area (Å²) in [7, 11) is -11.7. The number of para-hydroxylation sites is 2. The minimum Gasteiger partial charge on any atom is -0.504 e. The molecule has 0 heterocycles. The van der Waals surface area contributed by atoms with Gasteiger partial charge in [-0.25, -0.2) is 0 Å². The zero-order valence-electron chi connectivity index (χ0n) is 10.8. The normalized spacial score (nSPS) is 12.3. The van der Waals surface area contributed by atoms with Crippen LogP contribution >= 0.6 is 0 Å². The predicted octanol–water partition coefficient (Wildman–Crippen LogP) is 1.89. The van der Waals surface area contributed by atoms with Gasteiger partial charge in [0.05, 0.1) is 0 Å². The Morgan fingerprint density at radius 2 is 0.833 bits per heavy atom. The van der Waals surface area contributed by atoms with Crippen molar-refractivity contribution in [3.63, 3.8) is 0 Å². The number of hydrogen-bond acceptors (Lipinski definition) is 6. The zero-order valence-corrected chi connectivity index (χ0v) is 12.4. The van der Waals surface area contributed by atoms with Crippen LogP contribution in [-0.4, -0.2) is 47.2 Å². The highest BCUT2D eigenvalue weighted by molar-refractivity contribution is 7.86. The van der Waals surface area contributed by atoms with Gasteiger partial charge >= 0.3 is 31.3 Å². The standard InChI is InChI=1S/C6H6O2.2CHF3O3S/c7-5-3-1-2-4-6(5)8;2*2-1(3,4)8(5,6)7/h1-4,7-8H;2*(H,5,6,7). The Balaban J connectivity index is 0. The fourth-order valence-electron chi connectivity index (χ4n) is 0.464. The molecule has 4 N–H and O–H groups in total. The maximum absolute atomic E-state index is 10.7. The molecule has 1 aromatic rings. The number of halogens is 6. The monoisotopic (exact) mass is 410 g/mol. The summed E-state index contributed by atoms with van der Waals surface area (Å²) in [6.07, 6.45) is 0. The van der Waals surface area contributed by atoms with Crippen molar-refractivity contribution < 1.29 is 62.5 Å². The van der Waals surface area contributed by atoms with Gasteiger partial charge in [-0.05, 0) is 12.1 Å². The number of rotatable bonds is 0. The molecule has 0 saturated carbocycles. The van der Waals surface area contributed by atoms with E-state index in [-0.39, 0.29) is 11.5 Å². The van der Waals surface area contributed by atoms with Crippen LogP contribution < -0.4 is 0 Å². The van der Waals surface area contributed by atoms with E-state index in [0.29, 0.717) is 0 Å². The molecule has 0 aliphatic rings. The maximum Gasteiger partial charge on any atom is 0.522 e. The number of phenolic OH excluding ortho intramolecular Hbond substituents is 2. The molecule has 0 aliphatic carbocycles. The van der Waals surface area contributed by atoms with E-state index in [4.69, 9.17) is 36.2 Å². The molecule has 24 heavy (non-hydrogen) atoms. The molecule has 0 unspecified atom stereocenters. The van der Waals surface area contributed by atoms with E-state index in [2.05, 4.69) is 0 Å². The van der Waals surface area contributed by atoms with Crippen LogP contribution in [0.4, 0.5) is 26.3 Å². The Morgan fingerprint density at radius 3 is 0.917 bits per heavy atom. The molecule has 16 heteroatoms. The molecule has 8 nitrogen and oxygen atoms in total. The highest BCUT2D eigenvalue weighted by Crippen LogP contribution is 2.22. The molecule has 0 saturated heterocycles. The molecule has 1 aromatic carbocycles. The Hall–Kier alpha value is -1.78. The first-order valence-electron chi connectivity index (χ1n) is 4.85. The number of aromatic hydroxyl groups is 2. The highest BCUT2D eigenvalue weighted by Gasteiger charge is 2.45. The molecule has 142 valence electrons. The SMILES string of the molecule is O=S(=O)(O)C(F)(F)F.O=S(=O)(O)C(F)(F)F.Oc1ccccc1O. The van der Waals surface area contributed by atoms with Crippen LogP contribution in [-0.2, 0) is 20.2 Å². The average molecular weight is 410 g/mol. The minimum atomic E-state index is -5.84. The van der Waals surface area contributed by atoms with Crippen LogP contribution in [0.5, 0.6) is 11.5 Å². The van der Waals surface area contributed by atoms with E-state index in [0.717, 1.165) is 0 Å². The van der Waals surface area contributed by atoms with E-state index in [1.807, 2.05) is 0 Å². The molecule has 0 atom stereocenters. The third kappa shape index (κ3) is 10.1. The van der Waals surface area contributed by atoms with Gasteiger partial charge in [-0.15, -0.1) is 0 Å². The van der Waals surface area contributed by atoms with Gasteiger partial charge in [-0.2, -0.15) is 43.2 Å². The van der Waals surface area contributed by atoms with Gasteiger partial charge in [-0.3, -0.25) is 9.11 Å². The minimum absolute atomic E-state index is 0.0764. The Kier molecular flexibility index (Phi) is 8.52. The smallest absolute Gasteiger partial charge is 0.504 e. The second-order valence-electron chi connectivity index (χ2n) is 3.33. The van der Waals surface area contributed by atoms with Gasteiger partial charge in [0.1, 0.15) is 0 Å². The molecule has 0 spiro atoms. The Morgan fingerprint density at radius 1 is 0.667 bits per heavy atom. The third-order valence-corrected chi connectivity index (χ3v) is 2.64. The fourth-order valence-corrected chi connectivity index (χ4v) is 0.464. The molecular weight excluding hydrogens is 402 g/mol. The van der Waals surface area contributed by atoms with Gasteiger partial charge < -0.3 is 10.2 Å². The van der Waals surface area contributed by atoms with Gasteiger partial charge in [0, 0.05) is 0 Å². The highest BCUT2D eigenvalue weighted by atomic mass is 32.2. The lowest BCUT2D eigenvalue weighted by atomic mass is 10.3. The lowest BCUT2D eigenvalue weighted by Gasteiger charge is -1.97. The average Bonchev–Trinajstić information content (AvgIpc) is 2.29. The van der Waals surface area contributed by atoms with Crippen molar-refractivity contribution >= 4 is 20.2 Å². The van der Waals surface area contributed by atoms with E-state index >= 15 is 0 Å². The van der Waals surface area contributed by atoms with Crippen LogP contribution in [0.15, 0.2) is 24.3 Å². The summed E-state index contributed by atoms with van der Waals surface area (Å²) in [4.78, 5) is 0. The molecule has 0 bridgehead atoms. The van der Waals surface area contributed by atoms with Crippen molar-refractivity contribution in [3.05, 3.63) is 24.3 Å². The van der Waals surface area contributed by atoms with Crippen LogP contribution in [0.2, 0.25) is 0 Å². The molecular formula is C8H8F6O8S2. The van der Waals surface area contributed by atoms with Crippen molar-refractivity contribution in [1.29, 1.82) is 0 Å². The van der Waals surface area contributed by atoms with Gasteiger partial charge in [0.2, 0.25) is 0 Å². The third-order valence-electron chi connectivity index (χ3n) is 1.47. The summed E-state index contributed by atoms with van der Waals surface area (Å²) in [5, 5.41) is 17.3. The maximum atomic E-state index is 10.7. The summed E-state index contributed by atoms with van der Waals surface area (Å²) in [5.41, 5.74) is -11.1. The molecule has 0 fully saturated rings. The predicted molar refractivity (Wildman–Crippen MR) is 65.0 cm³/mol. The first-order valence-corrected chi connectivity index (χ1v) is 7.73. The van der Waals surface area contributed by atoms with Crippen LogP contribution in [0.25, 0.3) is 0 Å². The topological polar surface area (TPSA) is 149 Å². The first kappa shape index (κ1) is 24.5. The number of hydrogen-bond donors (Lipinski definition) is 4. The summed E-state index contributed by atoms with van der Waals surface area (Å²) < 4.78 is 115. The van der Waals surface area contributed by atoms with Crippen LogP contribution in [0.3, 0.4) is 0 Å². The molecule has 0 aromatic heterocycles. The summed E-state index contributed by atoms with van der Waals surface area (Å²) in [6.45, 7) is 0. The lowest BCUT2D eigenvalue weighted by molar-refractivity contribution is -0.0514. The largest absolute Gasteiger partial charge is 0.522 e. The van der Waals surface area contributed by atoms with Gasteiger partial charge in [0.15, 0.2) is 11.5 Å². The molecule has 0 amide bonds. The quantitative estimate of drug-likeness (QED) is 0.219. The van der Waals surface area contributed by atoms with Crippen LogP contribution in [0, 0.1) is 0 Å². The van der Waals surface area contributed by atoms with E-state index in [1.54, 1.807) is 12.1 Å². The van der Waals surface area contributed by atoms with E-state index in [9.17, 15) is 26.3 Å². The number of benzene rings is 1. The Labute approximate surface area is 130 Å². The zero-order chi connectivity index (χ0) is 20.0. The van der Waals surface area contributed by atoms with Crippen molar-refractivity contribution in [2.75, 3.05) is 0 Å². The van der Waals surface area contributed by atoms with Gasteiger partial charge in [-0.1, -0.05) is 12.1 Å². The summed E-state index contributed by atoms with van der Waals surface area (Å²) in [6, 6.07) is 6.15. The number of alkyl halides is 6. The molecule has 0 radical (unpaired) electrons. The van der Waals surface area contributed by atoms with Crippen LogP contribution in [0.1, 0.15) is 0 Å². The van der Waals surface area contributed by atoms with E-state index in [1.165, 1.54) is 12.1 Å². The second kappa shape index (κ2) is 8.36. The lowest BCUT2D eigenvalue weighted by Crippen LogP contribution is -2.21. The van der Waals surface area contributed by atoms with Crippen molar-refractivity contribution in [2.45, 2.75) is 11.0 Å². The van der Waals surface area contributed by atoms with Gasteiger partial charge in [0.25, 0.3) is 0 Å². The first-order chi connectivity index (χ1) is 10.3. The van der Waals surface area contributed by atoms with Crippen molar-refractivity contribution in [2.24, 2.45) is 0 Å². The van der Waals surface area contributed by atoms with Crippen molar-refractivity contribution in [1.82, 2.24) is 0 Å². The van der Waals surface area contributed by atoms with E-state index < -0.39 is 31.3 Å². The van der Waals surface area contributed by atoms with Crippen molar-refractivity contribution in [3.8, 4) is 11.5 Å². The molecule has 1 rings (SSSR count). The number of phenols is 2. The summed E-state index contributed by atoms with van der Waals surface area (Å²) >= 11 is 0. The Bertz CT molecular complexity index is 659. The summed E-state index contributed by atoms with van der Waals surface area (Å²) in [5.74, 6) is -0.153. The fraction of sp³-hybridized carbons (Fsp3) is 0.250. The molecule has 0 aliphatic heterocycles. The second-order valence-corrected chi connectivity index (χ2v) is 6.16.